The number of ether oxygens (including phenoxy) is 1. The number of nitrogens with two attached hydrogens (primary N) is 2. The van der Waals surface area contributed by atoms with Crippen LogP contribution in [0.15, 0.2) is 18.2 Å². The molecule has 8 heteroatoms. The van der Waals surface area contributed by atoms with Crippen LogP contribution in [0.3, 0.4) is 0 Å². The summed E-state index contributed by atoms with van der Waals surface area (Å²) in [5.41, 5.74) is 8.42. The zero-order valence-corrected chi connectivity index (χ0v) is 8.95. The number of carbonyl (C=O) groups excluding carboxylic acids is 2. The minimum absolute atomic E-state index is 0.260. The summed E-state index contributed by atoms with van der Waals surface area (Å²) in [6, 6.07) is 2.18. The molecule has 98 valence electrons. The summed E-state index contributed by atoms with van der Waals surface area (Å²) in [5, 5.41) is 0. The normalized spacial score (nSPS) is 11.1. The first kappa shape index (κ1) is 13.8. The van der Waals surface area contributed by atoms with Gasteiger partial charge in [0.2, 0.25) is 0 Å². The summed E-state index contributed by atoms with van der Waals surface area (Å²) in [6.45, 7) is -0.667. The van der Waals surface area contributed by atoms with E-state index in [4.69, 9.17) is 11.5 Å². The fraction of sp³-hybridized carbons (Fsp3) is 0.200. The lowest BCUT2D eigenvalue weighted by Crippen LogP contribution is -2.21. The molecule has 0 heterocycles. The first-order chi connectivity index (χ1) is 8.21. The van der Waals surface area contributed by atoms with Crippen LogP contribution in [0.1, 0.15) is 15.9 Å². The third-order valence-electron chi connectivity index (χ3n) is 1.94. The maximum absolute atomic E-state index is 12.3. The molecule has 18 heavy (non-hydrogen) atoms. The molecule has 0 saturated heterocycles. The number of benzene rings is 1. The maximum Gasteiger partial charge on any atom is 0.416 e. The monoisotopic (exact) mass is 262 g/mol. The number of amides is 1. The van der Waals surface area contributed by atoms with E-state index >= 15 is 0 Å². The van der Waals surface area contributed by atoms with Crippen molar-refractivity contribution < 1.29 is 27.5 Å². The molecular formula is C10H9F3N2O3. The van der Waals surface area contributed by atoms with Crippen molar-refractivity contribution >= 4 is 17.6 Å². The predicted molar refractivity (Wildman–Crippen MR) is 55.3 cm³/mol. The maximum atomic E-state index is 12.3. The van der Waals surface area contributed by atoms with Crippen molar-refractivity contribution in [2.75, 3.05) is 12.3 Å². The number of esters is 1. The molecule has 0 aliphatic carbocycles. The second-order valence-electron chi connectivity index (χ2n) is 3.34. The fourth-order valence-electron chi connectivity index (χ4n) is 1.14. The highest BCUT2D eigenvalue weighted by molar-refractivity contribution is 5.96. The van der Waals surface area contributed by atoms with Crippen LogP contribution in [-0.4, -0.2) is 18.5 Å². The van der Waals surface area contributed by atoms with Crippen LogP contribution in [0, 0.1) is 0 Å². The van der Waals surface area contributed by atoms with Crippen molar-refractivity contribution in [3.63, 3.8) is 0 Å². The lowest BCUT2D eigenvalue weighted by molar-refractivity contribution is -0.137. The van der Waals surface area contributed by atoms with Gasteiger partial charge in [0.15, 0.2) is 6.61 Å². The summed E-state index contributed by atoms with van der Waals surface area (Å²) in [4.78, 5) is 21.7. The molecule has 0 spiro atoms. The molecule has 0 aliphatic rings. The quantitative estimate of drug-likeness (QED) is 0.625. The lowest BCUT2D eigenvalue weighted by atomic mass is 10.1. The summed E-state index contributed by atoms with van der Waals surface area (Å²) in [5.74, 6) is -1.89. The van der Waals surface area contributed by atoms with Crippen molar-refractivity contribution in [3.8, 4) is 0 Å². The molecule has 1 aromatic rings. The Balaban J connectivity index is 2.92. The van der Waals surface area contributed by atoms with E-state index in [0.29, 0.717) is 12.1 Å². The van der Waals surface area contributed by atoms with Gasteiger partial charge in [-0.3, -0.25) is 4.79 Å². The second-order valence-corrected chi connectivity index (χ2v) is 3.34. The SMILES string of the molecule is NC(=O)COC(=O)c1ccc(C(F)(F)F)cc1N. The van der Waals surface area contributed by atoms with Gasteiger partial charge in [-0.15, -0.1) is 0 Å². The Morgan fingerprint density at radius 1 is 1.28 bits per heavy atom. The molecule has 0 aliphatic heterocycles. The van der Waals surface area contributed by atoms with Crippen LogP contribution in [-0.2, 0) is 15.7 Å². The van der Waals surface area contributed by atoms with Gasteiger partial charge in [-0.25, -0.2) is 4.79 Å². The van der Waals surface area contributed by atoms with E-state index in [1.165, 1.54) is 0 Å². The van der Waals surface area contributed by atoms with Gasteiger partial charge in [-0.1, -0.05) is 0 Å². The summed E-state index contributed by atoms with van der Waals surface area (Å²) in [7, 11) is 0. The summed E-state index contributed by atoms with van der Waals surface area (Å²) >= 11 is 0. The molecule has 1 amide bonds. The number of hydrogen-bond donors (Lipinski definition) is 2. The van der Waals surface area contributed by atoms with Gasteiger partial charge >= 0.3 is 12.1 Å². The van der Waals surface area contributed by atoms with Crippen LogP contribution in [0.4, 0.5) is 18.9 Å². The van der Waals surface area contributed by atoms with E-state index < -0.39 is 30.2 Å². The molecule has 4 N–H and O–H groups in total. The Bertz CT molecular complexity index is 486. The molecule has 0 aromatic heterocycles. The highest BCUT2D eigenvalue weighted by Crippen LogP contribution is 2.31. The first-order valence-corrected chi connectivity index (χ1v) is 4.64. The highest BCUT2D eigenvalue weighted by Gasteiger charge is 2.31. The van der Waals surface area contributed by atoms with Gasteiger partial charge in [0.25, 0.3) is 5.91 Å². The summed E-state index contributed by atoms with van der Waals surface area (Å²) < 4.78 is 41.4. The average molecular weight is 262 g/mol. The van der Waals surface area contributed by atoms with Crippen LogP contribution in [0.2, 0.25) is 0 Å². The summed E-state index contributed by atoms with van der Waals surface area (Å²) in [6.07, 6.45) is -4.55. The van der Waals surface area contributed by atoms with E-state index in [1.54, 1.807) is 0 Å². The molecule has 0 radical (unpaired) electrons. The number of primary amides is 1. The lowest BCUT2D eigenvalue weighted by Gasteiger charge is -2.10. The minimum atomic E-state index is -4.55. The second kappa shape index (κ2) is 4.94. The Kier molecular flexibility index (Phi) is 3.79. The Morgan fingerprint density at radius 2 is 1.89 bits per heavy atom. The largest absolute Gasteiger partial charge is 0.452 e. The van der Waals surface area contributed by atoms with Crippen molar-refractivity contribution in [1.29, 1.82) is 0 Å². The molecule has 0 saturated carbocycles. The molecule has 5 nitrogen and oxygen atoms in total. The van der Waals surface area contributed by atoms with Crippen molar-refractivity contribution in [1.82, 2.24) is 0 Å². The van der Waals surface area contributed by atoms with E-state index in [2.05, 4.69) is 4.74 Å². The van der Waals surface area contributed by atoms with Gasteiger partial charge in [0.1, 0.15) is 0 Å². The Labute approximate surface area is 99.5 Å². The molecular weight excluding hydrogens is 253 g/mol. The molecule has 0 bridgehead atoms. The molecule has 0 unspecified atom stereocenters. The van der Waals surface area contributed by atoms with Crippen LogP contribution in [0.25, 0.3) is 0 Å². The van der Waals surface area contributed by atoms with E-state index in [9.17, 15) is 22.8 Å². The van der Waals surface area contributed by atoms with Crippen LogP contribution < -0.4 is 11.5 Å². The van der Waals surface area contributed by atoms with Crippen LogP contribution in [0.5, 0.6) is 0 Å². The smallest absolute Gasteiger partial charge is 0.416 e. The third kappa shape index (κ3) is 3.37. The highest BCUT2D eigenvalue weighted by atomic mass is 19.4. The van der Waals surface area contributed by atoms with Gasteiger partial charge in [-0.2, -0.15) is 13.2 Å². The zero-order chi connectivity index (χ0) is 13.9. The van der Waals surface area contributed by atoms with Gasteiger partial charge in [0, 0.05) is 5.69 Å². The van der Waals surface area contributed by atoms with Gasteiger partial charge in [0.05, 0.1) is 11.1 Å². The molecule has 0 atom stereocenters. The molecule has 1 rings (SSSR count). The minimum Gasteiger partial charge on any atom is -0.452 e. The zero-order valence-electron chi connectivity index (χ0n) is 8.95. The molecule has 0 fully saturated rings. The van der Waals surface area contributed by atoms with E-state index in [0.717, 1.165) is 6.07 Å². The first-order valence-electron chi connectivity index (χ1n) is 4.64. The predicted octanol–water partition coefficient (Wildman–Crippen LogP) is 0.930. The average Bonchev–Trinajstić information content (AvgIpc) is 2.24. The van der Waals surface area contributed by atoms with Gasteiger partial charge in [-0.05, 0) is 18.2 Å². The number of anilines is 1. The van der Waals surface area contributed by atoms with E-state index in [-0.39, 0.29) is 11.3 Å². The number of alkyl halides is 3. The molecule has 1 aromatic carbocycles. The number of carbonyl (C=O) groups is 2. The van der Waals surface area contributed by atoms with Crippen molar-refractivity contribution in [2.45, 2.75) is 6.18 Å². The van der Waals surface area contributed by atoms with Gasteiger partial charge < -0.3 is 16.2 Å². The number of rotatable bonds is 3. The fourth-order valence-corrected chi connectivity index (χ4v) is 1.14. The number of nitrogen functional groups attached to an aromatic ring is 1. The Morgan fingerprint density at radius 3 is 2.33 bits per heavy atom. The van der Waals surface area contributed by atoms with Crippen molar-refractivity contribution in [3.05, 3.63) is 29.3 Å². The number of hydrogen-bond acceptors (Lipinski definition) is 4. The third-order valence-corrected chi connectivity index (χ3v) is 1.94. The van der Waals surface area contributed by atoms with E-state index in [1.807, 2.05) is 0 Å². The van der Waals surface area contributed by atoms with Crippen LogP contribution >= 0.6 is 0 Å². The number of halogens is 3. The standard InChI is InChI=1S/C10H9F3N2O3/c11-10(12,13)5-1-2-6(7(14)3-5)9(17)18-4-8(15)16/h1-3H,4,14H2,(H2,15,16). The van der Waals surface area contributed by atoms with Crippen molar-refractivity contribution in [2.24, 2.45) is 5.73 Å². The Hall–Kier alpha value is -2.25. The topological polar surface area (TPSA) is 95.4 Å².